The van der Waals surface area contributed by atoms with Crippen LogP contribution in [0.3, 0.4) is 0 Å². The molecule has 0 saturated carbocycles. The Morgan fingerprint density at radius 3 is 2.48 bits per heavy atom. The fraction of sp³-hybridized carbons (Fsp3) is 0.450. The van der Waals surface area contributed by atoms with Gasteiger partial charge in [-0.05, 0) is 33.3 Å². The van der Waals surface area contributed by atoms with E-state index < -0.39 is 11.3 Å². The zero-order chi connectivity index (χ0) is 20.0. The van der Waals surface area contributed by atoms with Crippen molar-refractivity contribution in [3.63, 3.8) is 0 Å². The van der Waals surface area contributed by atoms with Crippen molar-refractivity contribution in [3.8, 4) is 0 Å². The highest BCUT2D eigenvalue weighted by molar-refractivity contribution is 5.72. The Morgan fingerprint density at radius 2 is 1.85 bits per heavy atom. The molecule has 2 rings (SSSR count). The topological polar surface area (TPSA) is 84.4 Å². The maximum absolute atomic E-state index is 12.3. The summed E-state index contributed by atoms with van der Waals surface area (Å²) in [6.07, 6.45) is 1.54. The van der Waals surface area contributed by atoms with Gasteiger partial charge < -0.3 is 4.74 Å². The maximum atomic E-state index is 12.3. The molecule has 1 N–H and O–H groups in total. The van der Waals surface area contributed by atoms with Crippen molar-refractivity contribution in [2.24, 2.45) is 0 Å². The van der Waals surface area contributed by atoms with E-state index in [4.69, 9.17) is 4.74 Å². The molecule has 0 atom stereocenters. The highest BCUT2D eigenvalue weighted by atomic mass is 16.6. The summed E-state index contributed by atoms with van der Waals surface area (Å²) in [5.41, 5.74) is 0.138. The first kappa shape index (κ1) is 20.6. The van der Waals surface area contributed by atoms with Crippen LogP contribution in [0.1, 0.15) is 31.9 Å². The summed E-state index contributed by atoms with van der Waals surface area (Å²) < 4.78 is 6.87. The lowest BCUT2D eigenvalue weighted by atomic mass is 10.2. The zero-order valence-electron chi connectivity index (χ0n) is 16.3. The third kappa shape index (κ3) is 6.86. The lowest BCUT2D eigenvalue weighted by molar-refractivity contribution is -0.156. The zero-order valence-corrected chi connectivity index (χ0v) is 16.3. The molecule has 2 aromatic rings. The molecule has 0 spiro atoms. The molecule has 7 nitrogen and oxygen atoms in total. The Balaban J connectivity index is 2.11. The van der Waals surface area contributed by atoms with Crippen LogP contribution >= 0.6 is 0 Å². The van der Waals surface area contributed by atoms with Gasteiger partial charge in [-0.3, -0.25) is 24.0 Å². The number of aromatic amines is 1. The maximum Gasteiger partial charge on any atom is 0.328 e. The monoisotopic (exact) mass is 373 g/mol. The molecule has 7 heteroatoms. The van der Waals surface area contributed by atoms with Crippen LogP contribution in [-0.4, -0.2) is 39.1 Å². The number of H-pyrrole nitrogens is 1. The first-order valence-electron chi connectivity index (χ1n) is 8.92. The number of aryl methyl sites for hydroxylation is 1. The minimum absolute atomic E-state index is 0.114. The molecule has 0 aliphatic rings. The van der Waals surface area contributed by atoms with Crippen molar-refractivity contribution < 1.29 is 9.53 Å². The summed E-state index contributed by atoms with van der Waals surface area (Å²) >= 11 is 0. The van der Waals surface area contributed by atoms with Crippen molar-refractivity contribution in [1.29, 1.82) is 0 Å². The Morgan fingerprint density at radius 1 is 1.19 bits per heavy atom. The lowest BCUT2D eigenvalue weighted by Crippen LogP contribution is -2.38. The van der Waals surface area contributed by atoms with Gasteiger partial charge in [-0.25, -0.2) is 4.79 Å². The van der Waals surface area contributed by atoms with E-state index in [-0.39, 0.29) is 18.1 Å². The van der Waals surface area contributed by atoms with Crippen LogP contribution in [-0.2, 0) is 22.6 Å². The summed E-state index contributed by atoms with van der Waals surface area (Å²) in [6, 6.07) is 9.79. The average molecular weight is 373 g/mol. The number of esters is 1. The van der Waals surface area contributed by atoms with Crippen LogP contribution in [0.2, 0.25) is 0 Å². The summed E-state index contributed by atoms with van der Waals surface area (Å²) in [6.45, 7) is 8.61. The first-order valence-corrected chi connectivity index (χ1v) is 8.92. The van der Waals surface area contributed by atoms with Gasteiger partial charge in [-0.1, -0.05) is 30.3 Å². The molecule has 0 aliphatic heterocycles. The second-order valence-corrected chi connectivity index (χ2v) is 7.55. The predicted molar refractivity (Wildman–Crippen MR) is 104 cm³/mol. The number of ether oxygens (including phenoxy) is 1. The minimum atomic E-state index is -0.553. The number of carbonyl (C=O) groups excluding carboxylic acids is 1. The number of aromatic nitrogens is 2. The number of nitrogens with zero attached hydrogens (tertiary/aromatic N) is 2. The van der Waals surface area contributed by atoms with Crippen LogP contribution < -0.4 is 11.2 Å². The molecular formula is C20H27N3O4. The van der Waals surface area contributed by atoms with Gasteiger partial charge in [0.25, 0.3) is 5.56 Å². The second kappa shape index (κ2) is 8.81. The molecule has 27 heavy (non-hydrogen) atoms. The van der Waals surface area contributed by atoms with E-state index in [2.05, 4.69) is 4.98 Å². The quantitative estimate of drug-likeness (QED) is 0.747. The lowest BCUT2D eigenvalue weighted by Gasteiger charge is -2.25. The van der Waals surface area contributed by atoms with Crippen molar-refractivity contribution >= 4 is 5.97 Å². The number of hydrogen-bond acceptors (Lipinski definition) is 5. The fourth-order valence-corrected chi connectivity index (χ4v) is 2.65. The number of rotatable bonds is 7. The molecule has 0 unspecified atom stereocenters. The molecule has 0 fully saturated rings. The van der Waals surface area contributed by atoms with Crippen LogP contribution in [0, 0.1) is 6.92 Å². The van der Waals surface area contributed by atoms with Gasteiger partial charge in [0.1, 0.15) is 5.60 Å². The predicted octanol–water partition coefficient (Wildman–Crippen LogP) is 1.69. The van der Waals surface area contributed by atoms with Gasteiger partial charge in [0.15, 0.2) is 0 Å². The standard InChI is InChI=1S/C20H27N3O4/c1-15-12-23(19(26)21-18(15)25)11-10-22(13-16-8-6-5-7-9-16)14-17(24)27-20(2,3)4/h5-9,12H,10-11,13-14H2,1-4H3,(H,21,25,26). The van der Waals surface area contributed by atoms with Crippen LogP contribution in [0.4, 0.5) is 0 Å². The third-order valence-corrected chi connectivity index (χ3v) is 3.87. The Hall–Kier alpha value is -2.67. The smallest absolute Gasteiger partial charge is 0.328 e. The van der Waals surface area contributed by atoms with Gasteiger partial charge in [-0.2, -0.15) is 0 Å². The largest absolute Gasteiger partial charge is 0.459 e. The van der Waals surface area contributed by atoms with E-state index in [0.717, 1.165) is 5.56 Å². The molecule has 0 amide bonds. The Labute approximate surface area is 158 Å². The molecule has 0 radical (unpaired) electrons. The normalized spacial score (nSPS) is 11.6. The second-order valence-electron chi connectivity index (χ2n) is 7.55. The summed E-state index contributed by atoms with van der Waals surface area (Å²) in [7, 11) is 0. The van der Waals surface area contributed by atoms with Gasteiger partial charge in [-0.15, -0.1) is 0 Å². The molecule has 1 heterocycles. The number of hydrogen-bond donors (Lipinski definition) is 1. The number of benzene rings is 1. The van der Waals surface area contributed by atoms with Crippen molar-refractivity contribution in [2.75, 3.05) is 13.1 Å². The summed E-state index contributed by atoms with van der Waals surface area (Å²) in [5.74, 6) is -0.316. The highest BCUT2D eigenvalue weighted by Gasteiger charge is 2.19. The molecule has 1 aromatic carbocycles. The Kier molecular flexibility index (Phi) is 6.74. The third-order valence-electron chi connectivity index (χ3n) is 3.87. The van der Waals surface area contributed by atoms with Gasteiger partial charge >= 0.3 is 11.7 Å². The SMILES string of the molecule is Cc1cn(CCN(CC(=O)OC(C)(C)C)Cc2ccccc2)c(=O)[nH]c1=O. The van der Waals surface area contributed by atoms with E-state index >= 15 is 0 Å². The minimum Gasteiger partial charge on any atom is -0.459 e. The molecule has 0 bridgehead atoms. The van der Waals surface area contributed by atoms with E-state index in [9.17, 15) is 14.4 Å². The summed E-state index contributed by atoms with van der Waals surface area (Å²) in [5, 5.41) is 0. The number of nitrogens with one attached hydrogen (secondary N) is 1. The van der Waals surface area contributed by atoms with Gasteiger partial charge in [0.05, 0.1) is 6.54 Å². The molecule has 146 valence electrons. The molecule has 0 saturated heterocycles. The molecule has 1 aromatic heterocycles. The Bertz CT molecular complexity index is 879. The molecular weight excluding hydrogens is 346 g/mol. The van der Waals surface area contributed by atoms with E-state index in [0.29, 0.717) is 25.2 Å². The summed E-state index contributed by atoms with van der Waals surface area (Å²) in [4.78, 5) is 40.0. The van der Waals surface area contributed by atoms with E-state index in [1.807, 2.05) is 56.0 Å². The fourth-order valence-electron chi connectivity index (χ4n) is 2.65. The van der Waals surface area contributed by atoms with Crippen LogP contribution in [0.25, 0.3) is 0 Å². The van der Waals surface area contributed by atoms with Crippen LogP contribution in [0.15, 0.2) is 46.1 Å². The van der Waals surface area contributed by atoms with Crippen molar-refractivity contribution in [1.82, 2.24) is 14.5 Å². The number of carbonyl (C=O) groups is 1. The van der Waals surface area contributed by atoms with E-state index in [1.165, 1.54) is 10.8 Å². The van der Waals surface area contributed by atoms with E-state index in [1.54, 1.807) is 6.92 Å². The van der Waals surface area contributed by atoms with Crippen LogP contribution in [0.5, 0.6) is 0 Å². The first-order chi connectivity index (χ1) is 12.6. The highest BCUT2D eigenvalue weighted by Crippen LogP contribution is 2.09. The van der Waals surface area contributed by atoms with Crippen molar-refractivity contribution in [2.45, 2.75) is 46.4 Å². The van der Waals surface area contributed by atoms with Gasteiger partial charge in [0.2, 0.25) is 0 Å². The average Bonchev–Trinajstić information content (AvgIpc) is 2.56. The van der Waals surface area contributed by atoms with Crippen molar-refractivity contribution in [3.05, 3.63) is 68.5 Å². The molecule has 0 aliphatic carbocycles. The van der Waals surface area contributed by atoms with Gasteiger partial charge in [0, 0.05) is 31.4 Å².